The van der Waals surface area contributed by atoms with Crippen molar-refractivity contribution in [1.82, 2.24) is 15.1 Å². The molecule has 0 radical (unpaired) electrons. The summed E-state index contributed by atoms with van der Waals surface area (Å²) in [4.78, 5) is 47.2. The first-order valence-corrected chi connectivity index (χ1v) is 19.3. The van der Waals surface area contributed by atoms with Crippen molar-refractivity contribution in [2.45, 2.75) is 102 Å². The molecule has 8 atom stereocenters. The molecule has 4 fully saturated rings. The normalized spacial score (nSPS) is 32.5. The van der Waals surface area contributed by atoms with E-state index < -0.39 is 29.6 Å². The quantitative estimate of drug-likeness (QED) is 0.277. The van der Waals surface area contributed by atoms with Gasteiger partial charge < -0.3 is 25.2 Å². The van der Waals surface area contributed by atoms with Gasteiger partial charge in [0.2, 0.25) is 17.7 Å². The van der Waals surface area contributed by atoms with E-state index in [9.17, 15) is 14.4 Å². The molecule has 50 heavy (non-hydrogen) atoms. The van der Waals surface area contributed by atoms with Crippen molar-refractivity contribution in [3.8, 4) is 0 Å². The highest BCUT2D eigenvalue weighted by Gasteiger charge is 2.72. The van der Waals surface area contributed by atoms with Crippen LogP contribution >= 0.6 is 0 Å². The van der Waals surface area contributed by atoms with E-state index in [4.69, 9.17) is 4.74 Å². The molecule has 1 spiro atoms. The first-order valence-electron chi connectivity index (χ1n) is 19.3. The van der Waals surface area contributed by atoms with Crippen LogP contribution in [-0.4, -0.2) is 77.5 Å². The molecule has 7 rings (SSSR count). The number of hydrogen-bond acceptors (Lipinski definition) is 5. The Morgan fingerprint density at radius 3 is 2.40 bits per heavy atom. The number of hydrogen-bond donors (Lipinski definition) is 2. The van der Waals surface area contributed by atoms with Gasteiger partial charge in [-0.3, -0.25) is 14.4 Å². The lowest BCUT2D eigenvalue weighted by Crippen LogP contribution is -2.58. The molecule has 1 saturated carbocycles. The van der Waals surface area contributed by atoms with Crippen molar-refractivity contribution in [3.63, 3.8) is 0 Å². The minimum Gasteiger partial charge on any atom is -0.359 e. The minimum atomic E-state index is -1.14. The van der Waals surface area contributed by atoms with Crippen LogP contribution in [0.2, 0.25) is 0 Å². The fourth-order valence-electron chi connectivity index (χ4n) is 9.56. The maximum atomic E-state index is 14.5. The topological polar surface area (TPSA) is 91.0 Å². The number of likely N-dealkylation sites (tertiary alicyclic amines) is 2. The molecule has 3 saturated heterocycles. The maximum absolute atomic E-state index is 14.5. The summed E-state index contributed by atoms with van der Waals surface area (Å²) in [5.41, 5.74) is 2.16. The van der Waals surface area contributed by atoms with Gasteiger partial charge in [0.15, 0.2) is 0 Å². The third-order valence-electron chi connectivity index (χ3n) is 12.8. The second-order valence-corrected chi connectivity index (χ2v) is 16.2. The van der Waals surface area contributed by atoms with Gasteiger partial charge in [0.25, 0.3) is 0 Å². The molecule has 0 unspecified atom stereocenters. The standard InChI is InChI=1S/C42H56N4O4/c1-27(2)32-14-16-33(17-15-32)43-39(47)36-35-18-21-42(50-35)37(36)41(49)46(38(42)40(48)44-34-13-8-10-28(3)29(34)4)23-9-22-45-24-19-31(20-25-45)26-30-11-6-5-7-12-30/h5-7,11-12,14-18,21,27-29,31,34-38H,8-10,13,19-20,22-26H2,1-4H3,(H,43,47)(H,44,48)/t28-,29-,34-,35-,36+,37-,38-,42-/m1/s1. The van der Waals surface area contributed by atoms with Crippen molar-refractivity contribution in [1.29, 1.82) is 0 Å². The van der Waals surface area contributed by atoms with Gasteiger partial charge in [0.1, 0.15) is 11.6 Å². The smallest absolute Gasteiger partial charge is 0.246 e. The fourth-order valence-corrected chi connectivity index (χ4v) is 9.56. The zero-order chi connectivity index (χ0) is 35.0. The predicted molar refractivity (Wildman–Crippen MR) is 196 cm³/mol. The summed E-state index contributed by atoms with van der Waals surface area (Å²) in [6.07, 6.45) is 10.7. The van der Waals surface area contributed by atoms with Crippen LogP contribution in [0.25, 0.3) is 0 Å². The molecule has 4 heterocycles. The fraction of sp³-hybridized carbons (Fsp3) is 0.595. The van der Waals surface area contributed by atoms with Crippen LogP contribution in [0.15, 0.2) is 66.7 Å². The molecule has 0 aromatic heterocycles. The van der Waals surface area contributed by atoms with Crippen LogP contribution < -0.4 is 10.6 Å². The largest absolute Gasteiger partial charge is 0.359 e. The third kappa shape index (κ3) is 6.78. The van der Waals surface area contributed by atoms with Gasteiger partial charge in [-0.15, -0.1) is 0 Å². The van der Waals surface area contributed by atoms with E-state index in [0.717, 1.165) is 45.3 Å². The van der Waals surface area contributed by atoms with E-state index in [0.29, 0.717) is 35.9 Å². The molecule has 2 bridgehead atoms. The molecule has 8 heteroatoms. The summed E-state index contributed by atoms with van der Waals surface area (Å²) in [6, 6.07) is 17.9. The van der Waals surface area contributed by atoms with Gasteiger partial charge in [-0.1, -0.05) is 95.2 Å². The molecule has 268 valence electrons. The van der Waals surface area contributed by atoms with E-state index in [1.807, 2.05) is 36.4 Å². The summed E-state index contributed by atoms with van der Waals surface area (Å²) >= 11 is 0. The molecule has 1 aliphatic carbocycles. The van der Waals surface area contributed by atoms with Gasteiger partial charge >= 0.3 is 0 Å². The zero-order valence-corrected chi connectivity index (χ0v) is 30.4. The number of amides is 3. The molecule has 2 N–H and O–H groups in total. The van der Waals surface area contributed by atoms with Gasteiger partial charge in [-0.05, 0) is 98.7 Å². The Balaban J connectivity index is 1.05. The Bertz CT molecular complexity index is 1550. The zero-order valence-electron chi connectivity index (χ0n) is 30.4. The van der Waals surface area contributed by atoms with Gasteiger partial charge in [-0.25, -0.2) is 0 Å². The highest BCUT2D eigenvalue weighted by Crippen LogP contribution is 2.55. The number of nitrogens with zero attached hydrogens (tertiary/aromatic N) is 2. The Kier molecular flexibility index (Phi) is 10.2. The SMILES string of the molecule is CC(C)c1ccc(NC(=O)[C@H]2[C@H]3C=C[C@@]4(O3)[C@H]2C(=O)N(CCCN2CCC(Cc3ccccc3)CC2)[C@@H]4C(=O)N[C@@H]2CCC[C@@H](C)[C@H]2C)cc1. The summed E-state index contributed by atoms with van der Waals surface area (Å²) in [6.45, 7) is 12.2. The molecule has 2 aromatic rings. The summed E-state index contributed by atoms with van der Waals surface area (Å²) in [5.74, 6) is 0.0112. The third-order valence-corrected chi connectivity index (χ3v) is 12.8. The lowest BCUT2D eigenvalue weighted by Gasteiger charge is -2.38. The average molecular weight is 681 g/mol. The number of carbonyl (C=O) groups excluding carboxylic acids is 3. The molecule has 8 nitrogen and oxygen atoms in total. The number of anilines is 1. The second-order valence-electron chi connectivity index (χ2n) is 16.2. The summed E-state index contributed by atoms with van der Waals surface area (Å²) in [7, 11) is 0. The van der Waals surface area contributed by atoms with Crippen molar-refractivity contribution < 1.29 is 19.1 Å². The molecule has 4 aliphatic heterocycles. The van der Waals surface area contributed by atoms with Gasteiger partial charge in [0, 0.05) is 18.3 Å². The van der Waals surface area contributed by atoms with Crippen molar-refractivity contribution >= 4 is 23.4 Å². The van der Waals surface area contributed by atoms with Crippen LogP contribution in [0.4, 0.5) is 5.69 Å². The second kappa shape index (κ2) is 14.6. The van der Waals surface area contributed by atoms with E-state index >= 15 is 0 Å². The molecule has 5 aliphatic rings. The lowest BCUT2D eigenvalue weighted by atomic mass is 9.73. The first-order chi connectivity index (χ1) is 24.1. The van der Waals surface area contributed by atoms with Crippen LogP contribution in [0.5, 0.6) is 0 Å². The van der Waals surface area contributed by atoms with Crippen LogP contribution in [0.1, 0.15) is 83.3 Å². The van der Waals surface area contributed by atoms with Gasteiger partial charge in [-0.2, -0.15) is 0 Å². The number of fused-ring (bicyclic) bond motifs is 1. The number of piperidine rings is 1. The van der Waals surface area contributed by atoms with Crippen molar-refractivity contribution in [3.05, 3.63) is 77.9 Å². The van der Waals surface area contributed by atoms with Crippen molar-refractivity contribution in [2.75, 3.05) is 31.5 Å². The highest BCUT2D eigenvalue weighted by molar-refractivity contribution is 6.02. The predicted octanol–water partition coefficient (Wildman–Crippen LogP) is 6.18. The number of nitrogens with one attached hydrogen (secondary N) is 2. The summed E-state index contributed by atoms with van der Waals surface area (Å²) < 4.78 is 6.63. The van der Waals surface area contributed by atoms with Gasteiger partial charge in [0.05, 0.1) is 17.9 Å². The monoisotopic (exact) mass is 680 g/mol. The van der Waals surface area contributed by atoms with Crippen molar-refractivity contribution in [2.24, 2.45) is 29.6 Å². The summed E-state index contributed by atoms with van der Waals surface area (Å²) in [5, 5.41) is 6.46. The van der Waals surface area contributed by atoms with E-state index in [2.05, 4.69) is 73.6 Å². The van der Waals surface area contributed by atoms with Crippen LogP contribution in [0.3, 0.4) is 0 Å². The number of benzene rings is 2. The Hall–Kier alpha value is -3.49. The first kappa shape index (κ1) is 34.9. The molecular formula is C42H56N4O4. The minimum absolute atomic E-state index is 0.0614. The number of ether oxygens (including phenoxy) is 1. The Morgan fingerprint density at radius 2 is 1.68 bits per heavy atom. The Morgan fingerprint density at radius 1 is 0.940 bits per heavy atom. The molecule has 3 amide bonds. The van der Waals surface area contributed by atoms with Crippen LogP contribution in [-0.2, 0) is 25.5 Å². The highest BCUT2D eigenvalue weighted by atomic mass is 16.5. The number of carbonyl (C=O) groups is 3. The average Bonchev–Trinajstić information content (AvgIpc) is 3.75. The lowest BCUT2D eigenvalue weighted by molar-refractivity contribution is -0.141. The van der Waals surface area contributed by atoms with E-state index in [1.54, 1.807) is 4.90 Å². The maximum Gasteiger partial charge on any atom is 0.246 e. The van der Waals surface area contributed by atoms with E-state index in [1.165, 1.54) is 30.4 Å². The number of rotatable bonds is 11. The van der Waals surface area contributed by atoms with E-state index in [-0.39, 0.29) is 23.8 Å². The molecule has 2 aromatic carbocycles. The Labute approximate surface area is 298 Å². The molecular weight excluding hydrogens is 624 g/mol. The van der Waals surface area contributed by atoms with Crippen LogP contribution in [0, 0.1) is 29.6 Å².